The Balaban J connectivity index is 1.86. The second kappa shape index (κ2) is 3.95. The van der Waals surface area contributed by atoms with E-state index in [0.29, 0.717) is 11.7 Å². The Kier molecular flexibility index (Phi) is 2.42. The molecule has 0 aliphatic heterocycles. The number of fused-ring (bicyclic) bond motifs is 1. The maximum atomic E-state index is 5.87. The lowest BCUT2D eigenvalue weighted by Gasteiger charge is -2.29. The third kappa shape index (κ3) is 1.84. The van der Waals surface area contributed by atoms with Gasteiger partial charge in [0.1, 0.15) is 5.52 Å². The molecule has 0 radical (unpaired) electrons. The molecule has 2 aromatic rings. The van der Waals surface area contributed by atoms with Gasteiger partial charge in [-0.2, -0.15) is 4.98 Å². The molecule has 0 bridgehead atoms. The van der Waals surface area contributed by atoms with E-state index in [9.17, 15) is 0 Å². The number of rotatable bonds is 3. The van der Waals surface area contributed by atoms with Crippen LogP contribution >= 0.6 is 0 Å². The van der Waals surface area contributed by atoms with Crippen LogP contribution in [0.4, 0.5) is 11.7 Å². The molecule has 0 unspecified atom stereocenters. The predicted octanol–water partition coefficient (Wildman–Crippen LogP) is 2.65. The summed E-state index contributed by atoms with van der Waals surface area (Å²) in [4.78, 5) is 6.54. The molecule has 4 heteroatoms. The highest BCUT2D eigenvalue weighted by Crippen LogP contribution is 2.30. The zero-order valence-corrected chi connectivity index (χ0v) is 10.0. The summed E-state index contributed by atoms with van der Waals surface area (Å²) in [5, 5.41) is 0. The summed E-state index contributed by atoms with van der Waals surface area (Å²) in [6, 6.07) is 6.31. The van der Waals surface area contributed by atoms with Gasteiger partial charge in [0, 0.05) is 13.6 Å². The van der Waals surface area contributed by atoms with E-state index in [0.717, 1.165) is 23.6 Å². The van der Waals surface area contributed by atoms with Crippen molar-refractivity contribution >= 4 is 22.8 Å². The van der Waals surface area contributed by atoms with Gasteiger partial charge in [-0.3, -0.25) is 0 Å². The summed E-state index contributed by atoms with van der Waals surface area (Å²) in [6.07, 6.45) is 4.01. The molecule has 0 amide bonds. The quantitative estimate of drug-likeness (QED) is 0.825. The average Bonchev–Trinajstić information content (AvgIpc) is 2.68. The van der Waals surface area contributed by atoms with E-state index >= 15 is 0 Å². The molecule has 4 nitrogen and oxygen atoms in total. The van der Waals surface area contributed by atoms with Gasteiger partial charge in [-0.15, -0.1) is 0 Å². The van der Waals surface area contributed by atoms with Gasteiger partial charge in [0.25, 0.3) is 6.01 Å². The van der Waals surface area contributed by atoms with E-state index < -0.39 is 0 Å². The fourth-order valence-electron chi connectivity index (χ4n) is 2.26. The van der Waals surface area contributed by atoms with Crippen molar-refractivity contribution in [2.45, 2.75) is 19.3 Å². The smallest absolute Gasteiger partial charge is 0.298 e. The molecule has 17 heavy (non-hydrogen) atoms. The zero-order valence-electron chi connectivity index (χ0n) is 10.0. The Labute approximate surface area is 100 Å². The lowest BCUT2D eigenvalue weighted by Crippen LogP contribution is -2.29. The molecule has 1 aromatic carbocycles. The second-order valence-electron chi connectivity index (χ2n) is 4.87. The van der Waals surface area contributed by atoms with Gasteiger partial charge >= 0.3 is 0 Å². The van der Waals surface area contributed by atoms with Crippen LogP contribution in [0.25, 0.3) is 11.1 Å². The van der Waals surface area contributed by atoms with Gasteiger partial charge in [0.05, 0.1) is 5.69 Å². The number of nitrogens with zero attached hydrogens (tertiary/aromatic N) is 2. The lowest BCUT2D eigenvalue weighted by atomic mass is 9.85. The van der Waals surface area contributed by atoms with Gasteiger partial charge in [-0.1, -0.05) is 12.5 Å². The SMILES string of the molecule is CN(CC1CCC1)c1nc2c(N)cccc2o1. The number of oxazole rings is 1. The highest BCUT2D eigenvalue weighted by atomic mass is 16.4. The zero-order chi connectivity index (χ0) is 11.8. The standard InChI is InChI=1S/C13H17N3O/c1-16(8-9-4-2-5-9)13-15-12-10(14)6-3-7-11(12)17-13/h3,6-7,9H,2,4-5,8,14H2,1H3. The van der Waals surface area contributed by atoms with Crippen molar-refractivity contribution in [2.75, 3.05) is 24.2 Å². The summed E-state index contributed by atoms with van der Waals surface area (Å²) in [5.41, 5.74) is 8.07. The molecule has 1 aliphatic carbocycles. The van der Waals surface area contributed by atoms with Crippen molar-refractivity contribution in [3.63, 3.8) is 0 Å². The first-order chi connectivity index (χ1) is 8.24. The Morgan fingerprint density at radius 3 is 2.94 bits per heavy atom. The lowest BCUT2D eigenvalue weighted by molar-refractivity contribution is 0.317. The highest BCUT2D eigenvalue weighted by molar-refractivity contribution is 5.86. The Hall–Kier alpha value is -1.71. The molecular formula is C13H17N3O. The van der Waals surface area contributed by atoms with Crippen molar-refractivity contribution in [1.82, 2.24) is 4.98 Å². The Morgan fingerprint density at radius 2 is 2.29 bits per heavy atom. The van der Waals surface area contributed by atoms with Crippen molar-refractivity contribution in [2.24, 2.45) is 5.92 Å². The minimum atomic E-state index is 0.671. The van der Waals surface area contributed by atoms with Crippen molar-refractivity contribution < 1.29 is 4.42 Å². The van der Waals surface area contributed by atoms with Crippen LogP contribution in [-0.2, 0) is 0 Å². The third-order valence-electron chi connectivity index (χ3n) is 3.52. The molecule has 1 aromatic heterocycles. The molecule has 2 N–H and O–H groups in total. The first-order valence-corrected chi connectivity index (χ1v) is 6.10. The molecule has 0 saturated heterocycles. The normalized spacial score (nSPS) is 16.1. The first-order valence-electron chi connectivity index (χ1n) is 6.10. The third-order valence-corrected chi connectivity index (χ3v) is 3.52. The maximum absolute atomic E-state index is 5.87. The summed E-state index contributed by atoms with van der Waals surface area (Å²) < 4.78 is 5.71. The molecule has 1 fully saturated rings. The van der Waals surface area contributed by atoms with Gasteiger partial charge in [0.2, 0.25) is 0 Å². The fourth-order valence-corrected chi connectivity index (χ4v) is 2.26. The minimum absolute atomic E-state index is 0.671. The van der Waals surface area contributed by atoms with Crippen molar-refractivity contribution in [1.29, 1.82) is 0 Å². The number of benzene rings is 1. The molecule has 3 rings (SSSR count). The van der Waals surface area contributed by atoms with E-state index in [-0.39, 0.29) is 0 Å². The van der Waals surface area contributed by atoms with Crippen LogP contribution in [0.5, 0.6) is 0 Å². The number of hydrogen-bond donors (Lipinski definition) is 1. The number of nitrogen functional groups attached to an aromatic ring is 1. The van der Waals surface area contributed by atoms with Crippen LogP contribution in [0.15, 0.2) is 22.6 Å². The molecule has 90 valence electrons. The predicted molar refractivity (Wildman–Crippen MR) is 69.0 cm³/mol. The Bertz CT molecular complexity index is 530. The van der Waals surface area contributed by atoms with E-state index in [1.807, 2.05) is 25.2 Å². The number of anilines is 2. The summed E-state index contributed by atoms with van der Waals surface area (Å²) in [6.45, 7) is 1.02. The van der Waals surface area contributed by atoms with E-state index in [1.165, 1.54) is 19.3 Å². The van der Waals surface area contributed by atoms with Crippen molar-refractivity contribution in [3.05, 3.63) is 18.2 Å². The summed E-state index contributed by atoms with van der Waals surface area (Å²) in [5.74, 6) is 0.798. The number of hydrogen-bond acceptors (Lipinski definition) is 4. The van der Waals surface area contributed by atoms with Gasteiger partial charge < -0.3 is 15.1 Å². The Morgan fingerprint density at radius 1 is 1.47 bits per heavy atom. The molecule has 0 spiro atoms. The first kappa shape index (κ1) is 10.4. The fraction of sp³-hybridized carbons (Fsp3) is 0.462. The maximum Gasteiger partial charge on any atom is 0.298 e. The molecule has 1 heterocycles. The second-order valence-corrected chi connectivity index (χ2v) is 4.87. The topological polar surface area (TPSA) is 55.3 Å². The minimum Gasteiger partial charge on any atom is -0.423 e. The van der Waals surface area contributed by atoms with Crippen LogP contribution < -0.4 is 10.6 Å². The van der Waals surface area contributed by atoms with Crippen LogP contribution in [-0.4, -0.2) is 18.6 Å². The molecule has 1 aliphatic rings. The van der Waals surface area contributed by atoms with E-state index in [4.69, 9.17) is 10.2 Å². The molecular weight excluding hydrogens is 214 g/mol. The summed E-state index contributed by atoms with van der Waals surface area (Å²) >= 11 is 0. The largest absolute Gasteiger partial charge is 0.423 e. The van der Waals surface area contributed by atoms with Gasteiger partial charge in [-0.25, -0.2) is 0 Å². The van der Waals surface area contributed by atoms with E-state index in [1.54, 1.807) is 0 Å². The monoisotopic (exact) mass is 231 g/mol. The summed E-state index contributed by atoms with van der Waals surface area (Å²) in [7, 11) is 2.03. The van der Waals surface area contributed by atoms with Crippen LogP contribution in [0.3, 0.4) is 0 Å². The number of nitrogens with two attached hydrogens (primary N) is 1. The van der Waals surface area contributed by atoms with Crippen LogP contribution in [0.1, 0.15) is 19.3 Å². The van der Waals surface area contributed by atoms with Crippen molar-refractivity contribution in [3.8, 4) is 0 Å². The average molecular weight is 231 g/mol. The van der Waals surface area contributed by atoms with Crippen LogP contribution in [0, 0.1) is 5.92 Å². The van der Waals surface area contributed by atoms with E-state index in [2.05, 4.69) is 9.88 Å². The molecule has 1 saturated carbocycles. The number of aromatic nitrogens is 1. The van der Waals surface area contributed by atoms with Gasteiger partial charge in [-0.05, 0) is 30.9 Å². The highest BCUT2D eigenvalue weighted by Gasteiger charge is 2.21. The number of para-hydroxylation sites is 1. The molecule has 0 atom stereocenters. The van der Waals surface area contributed by atoms with Crippen LogP contribution in [0.2, 0.25) is 0 Å². The van der Waals surface area contributed by atoms with Gasteiger partial charge in [0.15, 0.2) is 5.58 Å².